The van der Waals surface area contributed by atoms with Crippen LogP contribution in [0.15, 0.2) is 46.9 Å². The van der Waals surface area contributed by atoms with Gasteiger partial charge in [0.15, 0.2) is 0 Å². The van der Waals surface area contributed by atoms with Gasteiger partial charge in [-0.05, 0) is 42.5 Å². The number of carbonyl (C=O) groups excluding carboxylic acids is 3. The zero-order valence-corrected chi connectivity index (χ0v) is 17.9. The first-order valence-corrected chi connectivity index (χ1v) is 10.5. The number of halogens is 2. The van der Waals surface area contributed by atoms with Gasteiger partial charge in [-0.15, -0.1) is 0 Å². The van der Waals surface area contributed by atoms with Crippen molar-refractivity contribution in [3.05, 3.63) is 63.1 Å². The van der Waals surface area contributed by atoms with Crippen LogP contribution in [-0.4, -0.2) is 60.2 Å². The van der Waals surface area contributed by atoms with Crippen LogP contribution in [0, 0.1) is 0 Å². The highest BCUT2D eigenvalue weighted by atomic mass is 79.9. The average Bonchev–Trinajstić information content (AvgIpc) is 2.96. The largest absolute Gasteiger partial charge is 0.368 e. The van der Waals surface area contributed by atoms with E-state index < -0.39 is 0 Å². The lowest BCUT2D eigenvalue weighted by atomic mass is 10.1. The summed E-state index contributed by atoms with van der Waals surface area (Å²) in [5, 5.41) is 0.697. The van der Waals surface area contributed by atoms with Gasteiger partial charge in [0.1, 0.15) is 0 Å². The molecule has 0 atom stereocenters. The van der Waals surface area contributed by atoms with Crippen LogP contribution in [0.25, 0.3) is 0 Å². The number of nitrogens with zero attached hydrogens (tertiary/aromatic N) is 3. The van der Waals surface area contributed by atoms with Crippen LogP contribution in [0.3, 0.4) is 0 Å². The van der Waals surface area contributed by atoms with E-state index in [1.54, 1.807) is 23.1 Å². The van der Waals surface area contributed by atoms with Gasteiger partial charge >= 0.3 is 0 Å². The third kappa shape index (κ3) is 4.02. The average molecular weight is 477 g/mol. The van der Waals surface area contributed by atoms with Crippen LogP contribution >= 0.6 is 27.5 Å². The normalized spacial score (nSPS) is 16.4. The summed E-state index contributed by atoms with van der Waals surface area (Å²) in [5.74, 6) is -0.719. The van der Waals surface area contributed by atoms with Crippen LogP contribution in [0.2, 0.25) is 5.02 Å². The molecule has 1 saturated heterocycles. The van der Waals surface area contributed by atoms with Crippen molar-refractivity contribution in [1.82, 2.24) is 9.80 Å². The summed E-state index contributed by atoms with van der Waals surface area (Å²) in [6.07, 6.45) is 0.133. The summed E-state index contributed by atoms with van der Waals surface area (Å²) in [4.78, 5) is 42.8. The highest BCUT2D eigenvalue weighted by molar-refractivity contribution is 9.10. The van der Waals surface area contributed by atoms with E-state index in [0.29, 0.717) is 29.2 Å². The minimum Gasteiger partial charge on any atom is -0.368 e. The van der Waals surface area contributed by atoms with E-state index in [2.05, 4.69) is 20.8 Å². The van der Waals surface area contributed by atoms with Gasteiger partial charge in [-0.3, -0.25) is 19.3 Å². The number of rotatable bonds is 4. The summed E-state index contributed by atoms with van der Waals surface area (Å²) in [7, 11) is 0. The third-order valence-electron chi connectivity index (χ3n) is 5.31. The first-order valence-electron chi connectivity index (χ1n) is 9.38. The molecule has 0 radical (unpaired) electrons. The van der Waals surface area contributed by atoms with E-state index >= 15 is 0 Å². The second kappa shape index (κ2) is 8.16. The van der Waals surface area contributed by atoms with E-state index in [0.717, 1.165) is 23.2 Å². The highest BCUT2D eigenvalue weighted by Crippen LogP contribution is 2.26. The van der Waals surface area contributed by atoms with E-state index in [4.69, 9.17) is 11.6 Å². The van der Waals surface area contributed by atoms with Crippen LogP contribution < -0.4 is 4.90 Å². The maximum absolute atomic E-state index is 12.6. The molecule has 0 aliphatic carbocycles. The Morgan fingerprint density at radius 1 is 0.931 bits per heavy atom. The van der Waals surface area contributed by atoms with Gasteiger partial charge in [-0.1, -0.05) is 27.5 Å². The Kier molecular flexibility index (Phi) is 5.61. The molecule has 0 N–H and O–H groups in total. The molecule has 8 heteroatoms. The van der Waals surface area contributed by atoms with Gasteiger partial charge in [-0.2, -0.15) is 0 Å². The van der Waals surface area contributed by atoms with Gasteiger partial charge in [-0.25, -0.2) is 0 Å². The number of carbonyl (C=O) groups is 3. The van der Waals surface area contributed by atoms with Gasteiger partial charge in [0.25, 0.3) is 11.8 Å². The molecule has 2 aliphatic rings. The smallest absolute Gasteiger partial charge is 0.261 e. The van der Waals surface area contributed by atoms with Crippen LogP contribution in [0.5, 0.6) is 0 Å². The van der Waals surface area contributed by atoms with Gasteiger partial charge in [0, 0.05) is 54.3 Å². The molecule has 150 valence electrons. The van der Waals surface area contributed by atoms with Gasteiger partial charge in [0.05, 0.1) is 11.1 Å². The molecule has 2 aromatic carbocycles. The predicted octanol–water partition coefficient (Wildman–Crippen LogP) is 3.44. The molecule has 1 fully saturated rings. The Balaban J connectivity index is 1.31. The standard InChI is InChI=1S/C21H19BrClN3O3/c22-14-1-6-17-18(13-14)21(29)26(20(17)28)8-7-19(27)25-11-9-24(10-12-25)16-4-2-15(23)3-5-16/h1-6,13H,7-12H2. The summed E-state index contributed by atoms with van der Waals surface area (Å²) < 4.78 is 0.744. The number of hydrogen-bond donors (Lipinski definition) is 0. The maximum atomic E-state index is 12.6. The summed E-state index contributed by atoms with van der Waals surface area (Å²) >= 11 is 9.25. The number of benzene rings is 2. The predicted molar refractivity (Wildman–Crippen MR) is 114 cm³/mol. The van der Waals surface area contributed by atoms with Crippen molar-refractivity contribution < 1.29 is 14.4 Å². The van der Waals surface area contributed by atoms with E-state index in [1.807, 2.05) is 24.3 Å². The molecule has 0 saturated carbocycles. The molecule has 2 aromatic rings. The van der Waals surface area contributed by atoms with Crippen molar-refractivity contribution in [2.75, 3.05) is 37.6 Å². The fourth-order valence-electron chi connectivity index (χ4n) is 3.70. The molecule has 2 aliphatic heterocycles. The molecule has 4 rings (SSSR count). The number of anilines is 1. The SMILES string of the molecule is O=C(CCN1C(=O)c2ccc(Br)cc2C1=O)N1CCN(c2ccc(Cl)cc2)CC1. The van der Waals surface area contributed by atoms with E-state index in [1.165, 1.54) is 4.90 Å². The molecule has 29 heavy (non-hydrogen) atoms. The fourth-order valence-corrected chi connectivity index (χ4v) is 4.18. The molecule has 2 heterocycles. The Bertz CT molecular complexity index is 972. The zero-order valence-electron chi connectivity index (χ0n) is 15.6. The number of fused-ring (bicyclic) bond motifs is 1. The summed E-state index contributed by atoms with van der Waals surface area (Å²) in [5.41, 5.74) is 1.86. The second-order valence-electron chi connectivity index (χ2n) is 7.05. The number of piperazine rings is 1. The second-order valence-corrected chi connectivity index (χ2v) is 8.40. The van der Waals surface area contributed by atoms with Crippen molar-refractivity contribution in [2.24, 2.45) is 0 Å². The van der Waals surface area contributed by atoms with Crippen LogP contribution in [0.1, 0.15) is 27.1 Å². The molecular formula is C21H19BrClN3O3. The Hall–Kier alpha value is -2.38. The van der Waals surface area contributed by atoms with Crippen molar-refractivity contribution >= 4 is 50.9 Å². The zero-order chi connectivity index (χ0) is 20.5. The van der Waals surface area contributed by atoms with Gasteiger partial charge < -0.3 is 9.80 Å². The first kappa shape index (κ1) is 19.9. The monoisotopic (exact) mass is 475 g/mol. The van der Waals surface area contributed by atoms with Gasteiger partial charge in [0.2, 0.25) is 5.91 Å². The minimum absolute atomic E-state index is 0.0431. The Labute approximate surface area is 182 Å². The molecule has 0 aromatic heterocycles. The molecule has 3 amide bonds. The molecule has 0 spiro atoms. The Morgan fingerprint density at radius 2 is 1.59 bits per heavy atom. The highest BCUT2D eigenvalue weighted by Gasteiger charge is 2.36. The number of hydrogen-bond acceptors (Lipinski definition) is 4. The lowest BCUT2D eigenvalue weighted by Gasteiger charge is -2.36. The molecular weight excluding hydrogens is 458 g/mol. The fraction of sp³-hybridized carbons (Fsp3) is 0.286. The Morgan fingerprint density at radius 3 is 2.28 bits per heavy atom. The summed E-state index contributed by atoms with van der Waals surface area (Å²) in [6, 6.07) is 12.7. The lowest BCUT2D eigenvalue weighted by molar-refractivity contribution is -0.131. The first-order chi connectivity index (χ1) is 13.9. The van der Waals surface area contributed by atoms with E-state index in [-0.39, 0.29) is 30.7 Å². The number of imide groups is 1. The third-order valence-corrected chi connectivity index (χ3v) is 6.05. The van der Waals surface area contributed by atoms with Crippen molar-refractivity contribution in [3.8, 4) is 0 Å². The maximum Gasteiger partial charge on any atom is 0.261 e. The van der Waals surface area contributed by atoms with E-state index in [9.17, 15) is 14.4 Å². The van der Waals surface area contributed by atoms with Crippen LogP contribution in [-0.2, 0) is 4.79 Å². The molecule has 0 bridgehead atoms. The quantitative estimate of drug-likeness (QED) is 0.634. The van der Waals surface area contributed by atoms with Crippen molar-refractivity contribution in [3.63, 3.8) is 0 Å². The topological polar surface area (TPSA) is 60.9 Å². The molecule has 0 unspecified atom stereocenters. The van der Waals surface area contributed by atoms with Crippen molar-refractivity contribution in [2.45, 2.75) is 6.42 Å². The van der Waals surface area contributed by atoms with Crippen LogP contribution in [0.4, 0.5) is 5.69 Å². The van der Waals surface area contributed by atoms with Crippen molar-refractivity contribution in [1.29, 1.82) is 0 Å². The number of amides is 3. The lowest BCUT2D eigenvalue weighted by Crippen LogP contribution is -2.49. The minimum atomic E-state index is -0.341. The summed E-state index contributed by atoms with van der Waals surface area (Å²) in [6.45, 7) is 2.77. The molecule has 6 nitrogen and oxygen atoms in total.